The highest BCUT2D eigenvalue weighted by Crippen LogP contribution is 2.44. The van der Waals surface area contributed by atoms with Gasteiger partial charge in [-0.05, 0) is 56.1 Å². The molecule has 168 valence electrons. The van der Waals surface area contributed by atoms with E-state index in [0.717, 1.165) is 51.1 Å². The molecule has 0 unspecified atom stereocenters. The molecule has 0 aliphatic heterocycles. The zero-order valence-corrected chi connectivity index (χ0v) is 18.5. The molecule has 2 aromatic heterocycles. The van der Waals surface area contributed by atoms with Gasteiger partial charge in [0.25, 0.3) is 0 Å². The standard InChI is InChI=1S/C23H33FN6O/c1-23(8-9-23)15-28-18-7-10-26-20(13-18)21-19(24)14-27-22(30-21)29-17-5-3-16(4-6-17)25-11-12-31-2/h7,10,13-14,16-17,25H,3-6,8-9,11-12,15H2,1-2H3,(H,26,28)(H,27,29,30). The molecule has 0 spiro atoms. The number of nitrogens with zero attached hydrogens (tertiary/aromatic N) is 3. The lowest BCUT2D eigenvalue weighted by Gasteiger charge is -2.29. The average molecular weight is 429 g/mol. The fourth-order valence-electron chi connectivity index (χ4n) is 3.98. The first-order chi connectivity index (χ1) is 15.0. The Kier molecular flexibility index (Phi) is 6.97. The van der Waals surface area contributed by atoms with Crippen LogP contribution in [0, 0.1) is 11.2 Å². The summed E-state index contributed by atoms with van der Waals surface area (Å²) in [6.45, 7) is 4.80. The Balaban J connectivity index is 1.36. The molecule has 0 aromatic carbocycles. The minimum absolute atomic E-state index is 0.230. The van der Waals surface area contributed by atoms with Crippen LogP contribution in [0.1, 0.15) is 45.4 Å². The second kappa shape index (κ2) is 9.87. The zero-order valence-electron chi connectivity index (χ0n) is 18.5. The summed E-state index contributed by atoms with van der Waals surface area (Å²) in [6.07, 6.45) is 9.65. The fraction of sp³-hybridized carbons (Fsp3) is 0.609. The molecule has 3 N–H and O–H groups in total. The largest absolute Gasteiger partial charge is 0.384 e. The van der Waals surface area contributed by atoms with E-state index < -0.39 is 5.82 Å². The van der Waals surface area contributed by atoms with E-state index in [-0.39, 0.29) is 5.69 Å². The number of ether oxygens (including phenoxy) is 1. The van der Waals surface area contributed by atoms with E-state index in [2.05, 4.69) is 37.8 Å². The molecular formula is C23H33FN6O. The van der Waals surface area contributed by atoms with Crippen LogP contribution in [-0.2, 0) is 4.74 Å². The van der Waals surface area contributed by atoms with Crippen LogP contribution in [0.15, 0.2) is 24.5 Å². The lowest BCUT2D eigenvalue weighted by molar-refractivity contribution is 0.191. The molecular weight excluding hydrogens is 395 g/mol. The first-order valence-corrected chi connectivity index (χ1v) is 11.3. The van der Waals surface area contributed by atoms with Gasteiger partial charge in [0.1, 0.15) is 5.69 Å². The van der Waals surface area contributed by atoms with E-state index in [1.807, 2.05) is 12.1 Å². The van der Waals surface area contributed by atoms with E-state index in [0.29, 0.717) is 29.1 Å². The van der Waals surface area contributed by atoms with Crippen LogP contribution >= 0.6 is 0 Å². The maximum Gasteiger partial charge on any atom is 0.223 e. The number of pyridine rings is 1. The number of nitrogens with one attached hydrogen (secondary N) is 3. The summed E-state index contributed by atoms with van der Waals surface area (Å²) in [6, 6.07) is 4.58. The monoisotopic (exact) mass is 428 g/mol. The number of rotatable bonds is 10. The van der Waals surface area contributed by atoms with Crippen molar-refractivity contribution < 1.29 is 9.13 Å². The molecule has 2 heterocycles. The third-order valence-electron chi connectivity index (χ3n) is 6.37. The van der Waals surface area contributed by atoms with Crippen molar-refractivity contribution in [2.75, 3.05) is 37.4 Å². The first kappa shape index (κ1) is 21.9. The normalized spacial score (nSPS) is 22.2. The van der Waals surface area contributed by atoms with Gasteiger partial charge >= 0.3 is 0 Å². The summed E-state index contributed by atoms with van der Waals surface area (Å²) in [4.78, 5) is 13.0. The maximum absolute atomic E-state index is 14.5. The molecule has 0 bridgehead atoms. The second-order valence-corrected chi connectivity index (χ2v) is 9.12. The smallest absolute Gasteiger partial charge is 0.223 e. The summed E-state index contributed by atoms with van der Waals surface area (Å²) >= 11 is 0. The van der Waals surface area contributed by atoms with Crippen molar-refractivity contribution in [3.8, 4) is 11.4 Å². The predicted molar refractivity (Wildman–Crippen MR) is 121 cm³/mol. The van der Waals surface area contributed by atoms with Crippen molar-refractivity contribution in [1.82, 2.24) is 20.3 Å². The average Bonchev–Trinajstić information content (AvgIpc) is 3.53. The molecule has 2 aliphatic rings. The van der Waals surface area contributed by atoms with Crippen LogP contribution < -0.4 is 16.0 Å². The van der Waals surface area contributed by atoms with Crippen LogP contribution in [0.2, 0.25) is 0 Å². The Morgan fingerprint density at radius 1 is 1.16 bits per heavy atom. The van der Waals surface area contributed by atoms with Gasteiger partial charge in [0.05, 0.1) is 18.5 Å². The van der Waals surface area contributed by atoms with E-state index in [4.69, 9.17) is 4.74 Å². The minimum Gasteiger partial charge on any atom is -0.384 e. The van der Waals surface area contributed by atoms with E-state index in [1.165, 1.54) is 19.0 Å². The first-order valence-electron chi connectivity index (χ1n) is 11.3. The third kappa shape index (κ3) is 6.11. The van der Waals surface area contributed by atoms with Gasteiger partial charge in [-0.3, -0.25) is 4.98 Å². The molecule has 0 amide bonds. The topological polar surface area (TPSA) is 84.0 Å². The Morgan fingerprint density at radius 2 is 1.94 bits per heavy atom. The van der Waals surface area contributed by atoms with Gasteiger partial charge in [-0.1, -0.05) is 6.92 Å². The molecule has 2 fully saturated rings. The van der Waals surface area contributed by atoms with Gasteiger partial charge in [0.15, 0.2) is 5.82 Å². The molecule has 7 nitrogen and oxygen atoms in total. The number of methoxy groups -OCH3 is 1. The van der Waals surface area contributed by atoms with E-state index in [9.17, 15) is 4.39 Å². The lowest BCUT2D eigenvalue weighted by atomic mass is 9.91. The molecule has 0 saturated heterocycles. The van der Waals surface area contributed by atoms with Crippen LogP contribution in [-0.4, -0.2) is 53.8 Å². The summed E-state index contributed by atoms with van der Waals surface area (Å²) in [5, 5.41) is 10.4. The molecule has 0 radical (unpaired) electrons. The van der Waals surface area contributed by atoms with Crippen LogP contribution in [0.5, 0.6) is 0 Å². The summed E-state index contributed by atoms with van der Waals surface area (Å²) in [5.41, 5.74) is 2.07. The number of aromatic nitrogens is 3. The quantitative estimate of drug-likeness (QED) is 0.496. The Labute approximate surface area is 183 Å². The van der Waals surface area contributed by atoms with Gasteiger partial charge in [0.2, 0.25) is 5.95 Å². The van der Waals surface area contributed by atoms with Crippen molar-refractivity contribution in [2.45, 2.75) is 57.5 Å². The Hall–Kier alpha value is -2.32. The SMILES string of the molecule is COCCNC1CCC(Nc2ncc(F)c(-c3cc(NCC4(C)CC4)ccn3)n2)CC1. The lowest BCUT2D eigenvalue weighted by Crippen LogP contribution is -2.38. The van der Waals surface area contributed by atoms with Gasteiger partial charge in [-0.15, -0.1) is 0 Å². The van der Waals surface area contributed by atoms with E-state index >= 15 is 0 Å². The highest BCUT2D eigenvalue weighted by molar-refractivity contribution is 5.62. The summed E-state index contributed by atoms with van der Waals surface area (Å²) in [5.74, 6) is -0.00625. The molecule has 31 heavy (non-hydrogen) atoms. The van der Waals surface area contributed by atoms with Crippen molar-refractivity contribution in [1.29, 1.82) is 0 Å². The maximum atomic E-state index is 14.5. The highest BCUT2D eigenvalue weighted by Gasteiger charge is 2.36. The van der Waals surface area contributed by atoms with E-state index in [1.54, 1.807) is 13.3 Å². The van der Waals surface area contributed by atoms with Crippen LogP contribution in [0.25, 0.3) is 11.4 Å². The number of hydrogen-bond donors (Lipinski definition) is 3. The molecule has 4 rings (SSSR count). The fourth-order valence-corrected chi connectivity index (χ4v) is 3.98. The van der Waals surface area contributed by atoms with Gasteiger partial charge < -0.3 is 20.7 Å². The molecule has 0 atom stereocenters. The zero-order chi connectivity index (χ0) is 21.7. The van der Waals surface area contributed by atoms with Crippen LogP contribution in [0.3, 0.4) is 0 Å². The third-order valence-corrected chi connectivity index (χ3v) is 6.37. The molecule has 8 heteroatoms. The van der Waals surface area contributed by atoms with Gasteiger partial charge in [-0.25, -0.2) is 14.4 Å². The number of anilines is 2. The second-order valence-electron chi connectivity index (χ2n) is 9.12. The number of halogens is 1. The van der Waals surface area contributed by atoms with Crippen LogP contribution in [0.4, 0.5) is 16.0 Å². The van der Waals surface area contributed by atoms with Crippen molar-refractivity contribution >= 4 is 11.6 Å². The van der Waals surface area contributed by atoms with Crippen molar-refractivity contribution in [3.63, 3.8) is 0 Å². The molecule has 2 saturated carbocycles. The van der Waals surface area contributed by atoms with Gasteiger partial charge in [-0.2, -0.15) is 0 Å². The summed E-state index contributed by atoms with van der Waals surface area (Å²) < 4.78 is 19.6. The predicted octanol–water partition coefficient (Wildman–Crippen LogP) is 3.85. The highest BCUT2D eigenvalue weighted by atomic mass is 19.1. The van der Waals surface area contributed by atoms with Crippen molar-refractivity contribution in [2.24, 2.45) is 5.41 Å². The summed E-state index contributed by atoms with van der Waals surface area (Å²) in [7, 11) is 1.72. The molecule has 2 aliphatic carbocycles. The van der Waals surface area contributed by atoms with Gasteiger partial charge in [0, 0.05) is 44.2 Å². The number of hydrogen-bond acceptors (Lipinski definition) is 7. The Bertz CT molecular complexity index is 867. The van der Waals surface area contributed by atoms with Crippen molar-refractivity contribution in [3.05, 3.63) is 30.3 Å². The molecule has 2 aromatic rings. The minimum atomic E-state index is -0.463. The Morgan fingerprint density at radius 3 is 2.68 bits per heavy atom.